The zero-order chi connectivity index (χ0) is 15.7. The van der Waals surface area contributed by atoms with Crippen LogP contribution in [-0.4, -0.2) is 5.78 Å². The predicted molar refractivity (Wildman–Crippen MR) is 84.7 cm³/mol. The maximum Gasteiger partial charge on any atom is 0.391 e. The van der Waals surface area contributed by atoms with Gasteiger partial charge in [-0.25, -0.2) is 0 Å². The van der Waals surface area contributed by atoms with Crippen LogP contribution in [0.2, 0.25) is 0 Å². The largest absolute Gasteiger partial charge is 0.462 e. The normalized spacial score (nSPS) is 10.6. The lowest BCUT2D eigenvalue weighted by Crippen LogP contribution is -2.15. The van der Waals surface area contributed by atoms with Crippen molar-refractivity contribution in [1.29, 1.82) is 0 Å². The third-order valence-corrected chi connectivity index (χ3v) is 3.89. The number of benzene rings is 2. The molecule has 110 valence electrons. The van der Waals surface area contributed by atoms with Crippen LogP contribution in [0.5, 0.6) is 0 Å². The summed E-state index contributed by atoms with van der Waals surface area (Å²) in [6.45, 7) is 12.2. The molecule has 0 atom stereocenters. The second-order valence-corrected chi connectivity index (χ2v) is 5.96. The van der Waals surface area contributed by atoms with Crippen molar-refractivity contribution in [2.45, 2.75) is 41.5 Å². The third-order valence-electron chi connectivity index (χ3n) is 3.89. The van der Waals surface area contributed by atoms with E-state index >= 15 is 0 Å². The minimum atomic E-state index is 0.431. The quantitative estimate of drug-likeness (QED) is 0.359. The SMILES string of the molecule is Cc1cc(C)c(C(=[O+][O-])c2c(C)cc(C)cc2C)c(C)c1. The van der Waals surface area contributed by atoms with Crippen LogP contribution < -0.4 is 5.26 Å². The Morgan fingerprint density at radius 2 is 0.952 bits per heavy atom. The molecule has 0 saturated carbocycles. The maximum absolute atomic E-state index is 11.5. The summed E-state index contributed by atoms with van der Waals surface area (Å²) in [5.41, 5.74) is 8.47. The van der Waals surface area contributed by atoms with Gasteiger partial charge in [0, 0.05) is 0 Å². The fraction of sp³-hybridized carbons (Fsp3) is 0.316. The van der Waals surface area contributed by atoms with Crippen molar-refractivity contribution >= 4 is 5.78 Å². The van der Waals surface area contributed by atoms with Crippen LogP contribution >= 0.6 is 0 Å². The van der Waals surface area contributed by atoms with E-state index in [1.54, 1.807) is 0 Å². The Morgan fingerprint density at radius 1 is 0.667 bits per heavy atom. The average Bonchev–Trinajstić information content (AvgIpc) is 2.34. The smallest absolute Gasteiger partial charge is 0.391 e. The summed E-state index contributed by atoms with van der Waals surface area (Å²) in [7, 11) is 0. The van der Waals surface area contributed by atoms with Gasteiger partial charge in [0.1, 0.15) is 0 Å². The molecular formula is C19H22O2. The minimum absolute atomic E-state index is 0.431. The van der Waals surface area contributed by atoms with E-state index in [1.165, 1.54) is 11.1 Å². The highest BCUT2D eigenvalue weighted by molar-refractivity contribution is 6.12. The van der Waals surface area contributed by atoms with Crippen LogP contribution in [0.25, 0.3) is 0 Å². The first-order chi connectivity index (χ1) is 9.85. The van der Waals surface area contributed by atoms with Crippen molar-refractivity contribution in [3.8, 4) is 0 Å². The van der Waals surface area contributed by atoms with E-state index in [-0.39, 0.29) is 0 Å². The molecule has 0 amide bonds. The van der Waals surface area contributed by atoms with E-state index in [0.29, 0.717) is 5.78 Å². The summed E-state index contributed by atoms with van der Waals surface area (Å²) in [5, 5.41) is 11.5. The number of hydrogen-bond acceptors (Lipinski definition) is 1. The summed E-state index contributed by atoms with van der Waals surface area (Å²) in [4.78, 5) is 0. The number of ketones is 1. The highest BCUT2D eigenvalue weighted by Gasteiger charge is 2.26. The molecule has 0 heterocycles. The van der Waals surface area contributed by atoms with Gasteiger partial charge in [-0.15, -0.1) is 0 Å². The van der Waals surface area contributed by atoms with Gasteiger partial charge in [-0.1, -0.05) is 35.4 Å². The van der Waals surface area contributed by atoms with E-state index in [9.17, 15) is 5.26 Å². The minimum Gasteiger partial charge on any atom is -0.462 e. The van der Waals surface area contributed by atoms with Gasteiger partial charge in [-0.3, -0.25) is 0 Å². The van der Waals surface area contributed by atoms with Gasteiger partial charge >= 0.3 is 5.78 Å². The van der Waals surface area contributed by atoms with Crippen molar-refractivity contribution in [1.82, 2.24) is 0 Å². The molecule has 0 spiro atoms. The molecule has 0 unspecified atom stereocenters. The van der Waals surface area contributed by atoms with Gasteiger partial charge in [0.25, 0.3) is 0 Å². The highest BCUT2D eigenvalue weighted by Crippen LogP contribution is 2.25. The summed E-state index contributed by atoms with van der Waals surface area (Å²) in [6, 6.07) is 8.33. The highest BCUT2D eigenvalue weighted by atomic mass is 17.1. The molecule has 0 bridgehead atoms. The molecule has 0 saturated heterocycles. The van der Waals surface area contributed by atoms with Crippen molar-refractivity contribution in [3.05, 3.63) is 68.8 Å². The molecular weight excluding hydrogens is 260 g/mol. The Balaban J connectivity index is 2.73. The van der Waals surface area contributed by atoms with E-state index in [2.05, 4.69) is 42.7 Å². The lowest BCUT2D eigenvalue weighted by atomic mass is 9.88. The monoisotopic (exact) mass is 282 g/mol. The Bertz CT molecular complexity index is 619. The molecule has 2 rings (SSSR count). The number of rotatable bonds is 2. The topological polar surface area (TPSA) is 34.4 Å². The fourth-order valence-electron chi connectivity index (χ4n) is 3.28. The van der Waals surface area contributed by atoms with Crippen molar-refractivity contribution in [2.24, 2.45) is 0 Å². The standard InChI is InChI=1S/C19H22O2/c1-11-7-13(3)17(14(4)8-11)19(21-20)18-15(5)9-12(2)10-16(18)6/h7-10H,1-6H3. The molecule has 0 N–H and O–H groups in total. The maximum atomic E-state index is 11.5. The Hall–Kier alpha value is -2.09. The van der Waals surface area contributed by atoms with Gasteiger partial charge in [-0.05, 0) is 63.8 Å². The summed E-state index contributed by atoms with van der Waals surface area (Å²) in [5.74, 6) is 0.431. The summed E-state index contributed by atoms with van der Waals surface area (Å²) < 4.78 is 4.59. The van der Waals surface area contributed by atoms with E-state index < -0.39 is 0 Å². The number of aryl methyl sites for hydroxylation is 6. The lowest BCUT2D eigenvalue weighted by Gasteiger charge is -2.11. The second-order valence-electron chi connectivity index (χ2n) is 5.96. The molecule has 0 aromatic heterocycles. The predicted octanol–water partition coefficient (Wildman–Crippen LogP) is 3.58. The Morgan fingerprint density at radius 3 is 1.19 bits per heavy atom. The van der Waals surface area contributed by atoms with Crippen molar-refractivity contribution < 1.29 is 9.83 Å². The van der Waals surface area contributed by atoms with Crippen LogP contribution in [0.3, 0.4) is 0 Å². The Kier molecular flexibility index (Phi) is 4.17. The fourth-order valence-corrected chi connectivity index (χ4v) is 3.28. The first-order valence-electron chi connectivity index (χ1n) is 7.18. The number of hydrogen-bond donors (Lipinski definition) is 0. The van der Waals surface area contributed by atoms with Gasteiger partial charge in [0.15, 0.2) is 0 Å². The molecule has 0 fully saturated rings. The average molecular weight is 282 g/mol. The molecule has 2 aromatic carbocycles. The molecule has 0 aliphatic carbocycles. The van der Waals surface area contributed by atoms with Crippen LogP contribution in [-0.2, 0) is 0 Å². The van der Waals surface area contributed by atoms with E-state index in [0.717, 1.165) is 33.4 Å². The lowest BCUT2D eigenvalue weighted by molar-refractivity contribution is -0.937. The summed E-state index contributed by atoms with van der Waals surface area (Å²) in [6.07, 6.45) is 0. The van der Waals surface area contributed by atoms with Crippen LogP contribution in [0, 0.1) is 41.5 Å². The molecule has 2 heteroatoms. The molecule has 0 radical (unpaired) electrons. The first-order valence-corrected chi connectivity index (χ1v) is 7.18. The third kappa shape index (κ3) is 2.85. The van der Waals surface area contributed by atoms with E-state index in [4.69, 9.17) is 0 Å². The van der Waals surface area contributed by atoms with Gasteiger partial charge in [0.2, 0.25) is 0 Å². The molecule has 2 aromatic rings. The van der Waals surface area contributed by atoms with Gasteiger partial charge in [-0.2, -0.15) is 4.58 Å². The molecule has 21 heavy (non-hydrogen) atoms. The van der Waals surface area contributed by atoms with E-state index in [1.807, 2.05) is 27.7 Å². The molecule has 2 nitrogen and oxygen atoms in total. The van der Waals surface area contributed by atoms with Crippen molar-refractivity contribution in [3.63, 3.8) is 0 Å². The first kappa shape index (κ1) is 15.3. The van der Waals surface area contributed by atoms with Crippen LogP contribution in [0.15, 0.2) is 24.3 Å². The van der Waals surface area contributed by atoms with Crippen LogP contribution in [0.1, 0.15) is 49.1 Å². The second kappa shape index (κ2) is 5.72. The van der Waals surface area contributed by atoms with Gasteiger partial charge in [0.05, 0.1) is 11.1 Å². The van der Waals surface area contributed by atoms with Crippen molar-refractivity contribution in [2.75, 3.05) is 0 Å². The zero-order valence-corrected chi connectivity index (χ0v) is 13.6. The zero-order valence-electron chi connectivity index (χ0n) is 13.6. The Labute approximate surface area is 126 Å². The van der Waals surface area contributed by atoms with Crippen LogP contribution in [0.4, 0.5) is 0 Å². The summed E-state index contributed by atoms with van der Waals surface area (Å²) >= 11 is 0. The molecule has 0 aliphatic heterocycles. The van der Waals surface area contributed by atoms with Gasteiger partial charge < -0.3 is 5.26 Å². The molecule has 0 aliphatic rings. The number of carbonyl (C=O) groups excluding carboxylic acids is 1.